The van der Waals surface area contributed by atoms with Crippen LogP contribution in [0, 0.1) is 11.8 Å². The van der Waals surface area contributed by atoms with Crippen molar-refractivity contribution in [2.45, 2.75) is 26.8 Å². The van der Waals surface area contributed by atoms with Gasteiger partial charge in [-0.15, -0.1) is 0 Å². The van der Waals surface area contributed by atoms with Crippen LogP contribution in [0.2, 0.25) is 0 Å². The second kappa shape index (κ2) is 6.40. The van der Waals surface area contributed by atoms with E-state index in [0.717, 1.165) is 11.3 Å². The summed E-state index contributed by atoms with van der Waals surface area (Å²) in [7, 11) is 0. The van der Waals surface area contributed by atoms with Gasteiger partial charge in [0.15, 0.2) is 0 Å². The van der Waals surface area contributed by atoms with Crippen LogP contribution in [0.4, 0.5) is 0 Å². The van der Waals surface area contributed by atoms with Gasteiger partial charge in [-0.1, -0.05) is 26.0 Å². The molecule has 18 heavy (non-hydrogen) atoms. The smallest absolute Gasteiger partial charge is 0.308 e. The Labute approximate surface area is 108 Å². The lowest BCUT2D eigenvalue weighted by molar-refractivity contribution is -0.144. The molecule has 100 valence electrons. The van der Waals surface area contributed by atoms with E-state index in [1.807, 2.05) is 45.0 Å². The maximum Gasteiger partial charge on any atom is 0.308 e. The number of carboxylic acids is 1. The topological polar surface area (TPSA) is 72.5 Å². The largest absolute Gasteiger partial charge is 0.494 e. The van der Waals surface area contributed by atoms with E-state index in [0.29, 0.717) is 6.61 Å². The van der Waals surface area contributed by atoms with E-state index in [4.69, 9.17) is 10.5 Å². The SMILES string of the molecule is CCOc1ccc(C(N)C(C(=O)O)C(C)C)cc1. The van der Waals surface area contributed by atoms with Gasteiger partial charge in [0.05, 0.1) is 12.5 Å². The van der Waals surface area contributed by atoms with Crippen LogP contribution in [0.1, 0.15) is 32.4 Å². The highest BCUT2D eigenvalue weighted by Gasteiger charge is 2.29. The van der Waals surface area contributed by atoms with Gasteiger partial charge in [-0.05, 0) is 30.5 Å². The molecule has 1 aromatic carbocycles. The number of ether oxygens (including phenoxy) is 1. The number of carboxylic acid groups (broad SMARTS) is 1. The number of aliphatic carboxylic acids is 1. The van der Waals surface area contributed by atoms with Crippen LogP contribution in [-0.4, -0.2) is 17.7 Å². The summed E-state index contributed by atoms with van der Waals surface area (Å²) >= 11 is 0. The minimum Gasteiger partial charge on any atom is -0.494 e. The van der Waals surface area contributed by atoms with Crippen molar-refractivity contribution in [1.82, 2.24) is 0 Å². The first kappa shape index (κ1) is 14.5. The zero-order chi connectivity index (χ0) is 13.7. The molecule has 1 aromatic rings. The summed E-state index contributed by atoms with van der Waals surface area (Å²) in [5.74, 6) is -0.678. The Morgan fingerprint density at radius 2 is 1.89 bits per heavy atom. The van der Waals surface area contributed by atoms with E-state index in [9.17, 15) is 9.90 Å². The first-order chi connectivity index (χ1) is 8.47. The van der Waals surface area contributed by atoms with Gasteiger partial charge in [0.2, 0.25) is 0 Å². The average molecular weight is 251 g/mol. The Kier molecular flexibility index (Phi) is 5.16. The zero-order valence-corrected chi connectivity index (χ0v) is 11.1. The summed E-state index contributed by atoms with van der Waals surface area (Å²) in [5.41, 5.74) is 6.86. The second-order valence-corrected chi connectivity index (χ2v) is 4.64. The standard InChI is InChI=1S/C14H21NO3/c1-4-18-11-7-5-10(6-8-11)13(15)12(9(2)3)14(16)17/h5-9,12-13H,4,15H2,1-3H3,(H,16,17). The summed E-state index contributed by atoms with van der Waals surface area (Å²) < 4.78 is 5.34. The van der Waals surface area contributed by atoms with Crippen molar-refractivity contribution in [2.24, 2.45) is 17.6 Å². The average Bonchev–Trinajstić information content (AvgIpc) is 2.29. The van der Waals surface area contributed by atoms with Crippen molar-refractivity contribution in [3.8, 4) is 5.75 Å². The Morgan fingerprint density at radius 1 is 1.33 bits per heavy atom. The fourth-order valence-corrected chi connectivity index (χ4v) is 2.01. The lowest BCUT2D eigenvalue weighted by Gasteiger charge is -2.23. The summed E-state index contributed by atoms with van der Waals surface area (Å²) in [4.78, 5) is 11.2. The summed E-state index contributed by atoms with van der Waals surface area (Å²) in [6.45, 7) is 6.26. The minimum atomic E-state index is -0.855. The number of hydrogen-bond acceptors (Lipinski definition) is 3. The van der Waals surface area contributed by atoms with Gasteiger partial charge in [-0.3, -0.25) is 4.79 Å². The predicted molar refractivity (Wildman–Crippen MR) is 70.5 cm³/mol. The first-order valence-electron chi connectivity index (χ1n) is 6.18. The fraction of sp³-hybridized carbons (Fsp3) is 0.500. The van der Waals surface area contributed by atoms with Crippen molar-refractivity contribution in [3.63, 3.8) is 0 Å². The van der Waals surface area contributed by atoms with Crippen molar-refractivity contribution < 1.29 is 14.6 Å². The molecule has 2 unspecified atom stereocenters. The molecular formula is C14H21NO3. The molecule has 0 heterocycles. The number of rotatable bonds is 6. The van der Waals surface area contributed by atoms with E-state index in [2.05, 4.69) is 0 Å². The fourth-order valence-electron chi connectivity index (χ4n) is 2.01. The normalized spacial score (nSPS) is 14.3. The van der Waals surface area contributed by atoms with E-state index in [-0.39, 0.29) is 5.92 Å². The highest BCUT2D eigenvalue weighted by molar-refractivity contribution is 5.71. The van der Waals surface area contributed by atoms with E-state index >= 15 is 0 Å². The maximum atomic E-state index is 11.2. The molecule has 0 aliphatic heterocycles. The summed E-state index contributed by atoms with van der Waals surface area (Å²) in [5, 5.41) is 9.21. The van der Waals surface area contributed by atoms with Gasteiger partial charge < -0.3 is 15.6 Å². The van der Waals surface area contributed by atoms with Crippen LogP contribution >= 0.6 is 0 Å². The molecule has 4 heteroatoms. The van der Waals surface area contributed by atoms with Gasteiger partial charge in [0.25, 0.3) is 0 Å². The molecule has 0 radical (unpaired) electrons. The monoisotopic (exact) mass is 251 g/mol. The highest BCUT2D eigenvalue weighted by Crippen LogP contribution is 2.27. The summed E-state index contributed by atoms with van der Waals surface area (Å²) in [6, 6.07) is 6.79. The van der Waals surface area contributed by atoms with E-state index in [1.54, 1.807) is 0 Å². The Morgan fingerprint density at radius 3 is 2.28 bits per heavy atom. The molecule has 2 atom stereocenters. The third-order valence-electron chi connectivity index (χ3n) is 2.97. The first-order valence-corrected chi connectivity index (χ1v) is 6.18. The Bertz CT molecular complexity index is 387. The van der Waals surface area contributed by atoms with E-state index < -0.39 is 17.9 Å². The van der Waals surface area contributed by atoms with Gasteiger partial charge in [-0.2, -0.15) is 0 Å². The van der Waals surface area contributed by atoms with Crippen LogP contribution in [0.15, 0.2) is 24.3 Å². The maximum absolute atomic E-state index is 11.2. The Hall–Kier alpha value is -1.55. The quantitative estimate of drug-likeness (QED) is 0.814. The van der Waals surface area contributed by atoms with Crippen LogP contribution in [-0.2, 0) is 4.79 Å². The molecular weight excluding hydrogens is 230 g/mol. The number of nitrogens with two attached hydrogens (primary N) is 1. The van der Waals surface area contributed by atoms with Crippen LogP contribution in [0.5, 0.6) is 5.75 Å². The molecule has 0 spiro atoms. The van der Waals surface area contributed by atoms with Crippen molar-refractivity contribution in [2.75, 3.05) is 6.61 Å². The molecule has 0 bridgehead atoms. The molecule has 0 fully saturated rings. The molecule has 3 N–H and O–H groups in total. The zero-order valence-electron chi connectivity index (χ0n) is 11.1. The van der Waals surface area contributed by atoms with Crippen molar-refractivity contribution in [1.29, 1.82) is 0 Å². The predicted octanol–water partition coefficient (Wildman–Crippen LogP) is 2.44. The Balaban J connectivity index is 2.88. The molecule has 0 amide bonds. The minimum absolute atomic E-state index is 0.0101. The van der Waals surface area contributed by atoms with E-state index in [1.165, 1.54) is 0 Å². The van der Waals surface area contributed by atoms with Crippen molar-refractivity contribution >= 4 is 5.97 Å². The molecule has 4 nitrogen and oxygen atoms in total. The van der Waals surface area contributed by atoms with Crippen LogP contribution in [0.3, 0.4) is 0 Å². The lowest BCUT2D eigenvalue weighted by Crippen LogP contribution is -2.32. The van der Waals surface area contributed by atoms with Gasteiger partial charge in [-0.25, -0.2) is 0 Å². The highest BCUT2D eigenvalue weighted by atomic mass is 16.5. The van der Waals surface area contributed by atoms with Gasteiger partial charge in [0.1, 0.15) is 5.75 Å². The van der Waals surface area contributed by atoms with Gasteiger partial charge >= 0.3 is 5.97 Å². The third-order valence-corrected chi connectivity index (χ3v) is 2.97. The summed E-state index contributed by atoms with van der Waals surface area (Å²) in [6.07, 6.45) is 0. The number of benzene rings is 1. The van der Waals surface area contributed by atoms with Crippen molar-refractivity contribution in [3.05, 3.63) is 29.8 Å². The third kappa shape index (κ3) is 3.47. The molecule has 0 saturated carbocycles. The number of hydrogen-bond donors (Lipinski definition) is 2. The molecule has 1 rings (SSSR count). The number of carbonyl (C=O) groups is 1. The van der Waals surface area contributed by atoms with Crippen LogP contribution in [0.25, 0.3) is 0 Å². The molecule has 0 aliphatic rings. The molecule has 0 saturated heterocycles. The molecule has 0 aliphatic carbocycles. The van der Waals surface area contributed by atoms with Gasteiger partial charge in [0, 0.05) is 6.04 Å². The lowest BCUT2D eigenvalue weighted by atomic mass is 9.85. The second-order valence-electron chi connectivity index (χ2n) is 4.64. The van der Waals surface area contributed by atoms with Crippen LogP contribution < -0.4 is 10.5 Å². The molecule has 0 aromatic heterocycles.